The maximum Gasteiger partial charge on any atom is 0.185 e. The number of ketones is 1. The van der Waals surface area contributed by atoms with Gasteiger partial charge in [-0.15, -0.1) is 0 Å². The zero-order chi connectivity index (χ0) is 27.6. The molecule has 3 aromatic rings. The van der Waals surface area contributed by atoms with Crippen LogP contribution in [0.2, 0.25) is 0 Å². The Morgan fingerprint density at radius 1 is 1.11 bits per heavy atom. The van der Waals surface area contributed by atoms with E-state index in [2.05, 4.69) is 16.9 Å². The summed E-state index contributed by atoms with van der Waals surface area (Å²) in [4.78, 5) is 21.5. The lowest BCUT2D eigenvalue weighted by Crippen LogP contribution is -2.45. The second-order valence-corrected chi connectivity index (χ2v) is 10.1. The molecular formula is C29H32F3N3O3. The van der Waals surface area contributed by atoms with Crippen molar-refractivity contribution < 1.29 is 27.4 Å². The topological polar surface area (TPSA) is 87.3 Å². The molecule has 38 heavy (non-hydrogen) atoms. The van der Waals surface area contributed by atoms with E-state index in [1.54, 1.807) is 33.4 Å². The van der Waals surface area contributed by atoms with Crippen molar-refractivity contribution in [1.82, 2.24) is 9.97 Å². The summed E-state index contributed by atoms with van der Waals surface area (Å²) in [5, 5.41) is 0. The second-order valence-electron chi connectivity index (χ2n) is 10.1. The molecule has 1 aliphatic rings. The van der Waals surface area contributed by atoms with Gasteiger partial charge in [-0.2, -0.15) is 0 Å². The highest BCUT2D eigenvalue weighted by atomic mass is 19.1. The largest absolute Gasteiger partial charge is 0.491 e. The quantitative estimate of drug-likeness (QED) is 0.382. The highest BCUT2D eigenvalue weighted by Crippen LogP contribution is 2.38. The molecule has 6 nitrogen and oxygen atoms in total. The van der Waals surface area contributed by atoms with Gasteiger partial charge in [-0.1, -0.05) is 6.92 Å². The third kappa shape index (κ3) is 5.89. The minimum absolute atomic E-state index is 0.0240. The van der Waals surface area contributed by atoms with Gasteiger partial charge in [0, 0.05) is 44.1 Å². The zero-order valence-corrected chi connectivity index (χ0v) is 21.9. The van der Waals surface area contributed by atoms with Crippen molar-refractivity contribution in [2.75, 3.05) is 7.11 Å². The highest BCUT2D eigenvalue weighted by molar-refractivity contribution is 5.96. The van der Waals surface area contributed by atoms with Crippen LogP contribution in [0.25, 0.3) is 11.3 Å². The summed E-state index contributed by atoms with van der Waals surface area (Å²) in [7, 11) is 1.66. The molecule has 2 aromatic heterocycles. The molecule has 0 spiro atoms. The van der Waals surface area contributed by atoms with Crippen LogP contribution in [0.15, 0.2) is 42.7 Å². The average molecular weight is 528 g/mol. The van der Waals surface area contributed by atoms with Gasteiger partial charge >= 0.3 is 0 Å². The van der Waals surface area contributed by atoms with E-state index in [0.717, 1.165) is 30.2 Å². The van der Waals surface area contributed by atoms with Crippen molar-refractivity contribution in [1.29, 1.82) is 0 Å². The number of carbonyl (C=O) groups is 1. The number of pyridine rings is 2. The van der Waals surface area contributed by atoms with Gasteiger partial charge in [0.1, 0.15) is 34.6 Å². The van der Waals surface area contributed by atoms with E-state index in [9.17, 15) is 18.0 Å². The smallest absolute Gasteiger partial charge is 0.185 e. The first-order valence-corrected chi connectivity index (χ1v) is 12.7. The molecule has 0 aliphatic heterocycles. The Balaban J connectivity index is 1.61. The molecule has 1 aromatic carbocycles. The molecule has 2 N–H and O–H groups in total. The van der Waals surface area contributed by atoms with Crippen LogP contribution in [-0.4, -0.2) is 41.1 Å². The maximum atomic E-state index is 14.8. The number of aromatic nitrogens is 2. The average Bonchev–Trinajstić information content (AvgIpc) is 2.84. The van der Waals surface area contributed by atoms with Crippen molar-refractivity contribution in [2.24, 2.45) is 11.7 Å². The van der Waals surface area contributed by atoms with E-state index in [1.807, 2.05) is 6.07 Å². The van der Waals surface area contributed by atoms with Crippen LogP contribution in [0.5, 0.6) is 5.75 Å². The molecule has 4 rings (SSSR count). The number of benzene rings is 1. The van der Waals surface area contributed by atoms with Gasteiger partial charge in [0.05, 0.1) is 17.8 Å². The van der Waals surface area contributed by atoms with Crippen LogP contribution in [0, 0.1) is 23.4 Å². The van der Waals surface area contributed by atoms with Crippen LogP contribution in [-0.2, 0) is 11.2 Å². The van der Waals surface area contributed by atoms with Gasteiger partial charge < -0.3 is 15.2 Å². The Kier molecular flexibility index (Phi) is 8.47. The minimum atomic E-state index is -1.04. The van der Waals surface area contributed by atoms with Crippen LogP contribution in [0.3, 0.4) is 0 Å². The Labute approximate surface area is 220 Å². The number of nitrogens with zero attached hydrogens (tertiary/aromatic N) is 2. The maximum absolute atomic E-state index is 14.8. The number of hydrogen-bond acceptors (Lipinski definition) is 6. The third-order valence-corrected chi connectivity index (χ3v) is 6.96. The van der Waals surface area contributed by atoms with E-state index in [0.29, 0.717) is 12.0 Å². The van der Waals surface area contributed by atoms with E-state index < -0.39 is 34.5 Å². The summed E-state index contributed by atoms with van der Waals surface area (Å²) in [5.74, 6) is -3.13. The van der Waals surface area contributed by atoms with Crippen molar-refractivity contribution in [3.05, 3.63) is 77.0 Å². The van der Waals surface area contributed by atoms with Crippen LogP contribution in [0.4, 0.5) is 13.2 Å². The summed E-state index contributed by atoms with van der Waals surface area (Å²) in [5.41, 5.74) is 6.70. The molecule has 1 fully saturated rings. The van der Waals surface area contributed by atoms with Gasteiger partial charge in [0.15, 0.2) is 5.78 Å². The van der Waals surface area contributed by atoms with E-state index >= 15 is 0 Å². The van der Waals surface area contributed by atoms with E-state index in [-0.39, 0.29) is 47.9 Å². The third-order valence-electron chi connectivity index (χ3n) is 6.96. The number of rotatable bonds is 8. The molecule has 0 saturated heterocycles. The lowest BCUT2D eigenvalue weighted by atomic mass is 9.73. The molecule has 1 aliphatic carbocycles. The standard InChI is InChI=1S/C29H32F3N3O3/c1-15(2)38-19-12-22(31)27(23(32)13-19)28-21(30)5-6-25(35-28)26(36)11-18-14-34-8-7-20(18)17-9-16(3)29(37-4)24(33)10-17/h5-8,12-17,24,29H,9-11,33H2,1-4H3/t16-,17+,24+,29-/m0/s1. The molecule has 0 bridgehead atoms. The lowest BCUT2D eigenvalue weighted by Gasteiger charge is -2.38. The first-order valence-electron chi connectivity index (χ1n) is 12.7. The Bertz CT molecular complexity index is 1280. The summed E-state index contributed by atoms with van der Waals surface area (Å²) >= 11 is 0. The fourth-order valence-corrected chi connectivity index (χ4v) is 5.36. The number of halogens is 3. The highest BCUT2D eigenvalue weighted by Gasteiger charge is 2.35. The molecule has 0 amide bonds. The Hall–Kier alpha value is -3.30. The SMILES string of the molecule is CO[C@@H]1[C@H](N)C[C@H](c2ccncc2CC(=O)c2ccc(F)c(-c3c(F)cc(OC(C)C)cc3F)n2)C[C@@H]1C. The predicted octanol–water partition coefficient (Wildman–Crippen LogP) is 5.63. The van der Waals surface area contributed by atoms with Crippen LogP contribution in [0.1, 0.15) is 61.1 Å². The van der Waals surface area contributed by atoms with Crippen LogP contribution >= 0.6 is 0 Å². The zero-order valence-electron chi connectivity index (χ0n) is 21.9. The predicted molar refractivity (Wildman–Crippen MR) is 137 cm³/mol. The van der Waals surface area contributed by atoms with E-state index in [1.165, 1.54) is 6.07 Å². The number of hydrogen-bond donors (Lipinski definition) is 1. The van der Waals surface area contributed by atoms with Gasteiger partial charge in [-0.25, -0.2) is 18.2 Å². The Morgan fingerprint density at radius 3 is 2.45 bits per heavy atom. The van der Waals surface area contributed by atoms with Gasteiger partial charge in [0.2, 0.25) is 0 Å². The van der Waals surface area contributed by atoms with Crippen molar-refractivity contribution in [2.45, 2.75) is 64.2 Å². The number of Topliss-reactive ketones (excluding diaryl/α,β-unsaturated/α-hetero) is 1. The summed E-state index contributed by atoms with van der Waals surface area (Å²) in [6.45, 7) is 5.52. The summed E-state index contributed by atoms with van der Waals surface area (Å²) in [6.07, 6.45) is 4.44. The molecule has 0 unspecified atom stereocenters. The van der Waals surface area contributed by atoms with Gasteiger partial charge in [0.25, 0.3) is 0 Å². The Morgan fingerprint density at radius 2 is 1.82 bits per heavy atom. The normalized spacial score (nSPS) is 21.5. The fraction of sp³-hybridized carbons (Fsp3) is 0.414. The molecule has 2 heterocycles. The molecule has 1 saturated carbocycles. The van der Waals surface area contributed by atoms with E-state index in [4.69, 9.17) is 15.2 Å². The fourth-order valence-electron chi connectivity index (χ4n) is 5.36. The monoisotopic (exact) mass is 527 g/mol. The molecule has 202 valence electrons. The van der Waals surface area contributed by atoms with Crippen LogP contribution < -0.4 is 10.5 Å². The first kappa shape index (κ1) is 27.7. The van der Waals surface area contributed by atoms with Crippen molar-refractivity contribution in [3.8, 4) is 17.0 Å². The second kappa shape index (κ2) is 11.6. The summed E-state index contributed by atoms with van der Waals surface area (Å²) < 4.78 is 55.3. The molecular weight excluding hydrogens is 495 g/mol. The molecule has 0 radical (unpaired) electrons. The number of methoxy groups -OCH3 is 1. The van der Waals surface area contributed by atoms with Crippen molar-refractivity contribution >= 4 is 5.78 Å². The number of ether oxygens (including phenoxy) is 2. The van der Waals surface area contributed by atoms with Gasteiger partial charge in [-0.05, 0) is 67.9 Å². The minimum Gasteiger partial charge on any atom is -0.491 e. The molecule has 4 atom stereocenters. The summed E-state index contributed by atoms with van der Waals surface area (Å²) in [6, 6.07) is 5.89. The number of carbonyl (C=O) groups excluding carboxylic acids is 1. The first-order chi connectivity index (χ1) is 18.1. The van der Waals surface area contributed by atoms with Crippen molar-refractivity contribution in [3.63, 3.8) is 0 Å². The lowest BCUT2D eigenvalue weighted by molar-refractivity contribution is 0.00970. The number of nitrogens with two attached hydrogens (primary N) is 1. The molecule has 9 heteroatoms. The van der Waals surface area contributed by atoms with Gasteiger partial charge in [-0.3, -0.25) is 9.78 Å².